The quantitative estimate of drug-likeness (QED) is 0.818. The maximum Gasteiger partial charge on any atom is 0.420 e. The molecule has 0 fully saturated rings. The van der Waals surface area contributed by atoms with Crippen LogP contribution < -0.4 is 5.73 Å². The number of esters is 1. The van der Waals surface area contributed by atoms with Crippen LogP contribution in [0.1, 0.15) is 17.2 Å². The van der Waals surface area contributed by atoms with Gasteiger partial charge in [0.2, 0.25) is 0 Å². The molecule has 0 radical (unpaired) electrons. The lowest BCUT2D eigenvalue weighted by molar-refractivity contribution is -0.143. The second-order valence-corrected chi connectivity index (χ2v) is 4.31. The molecule has 0 saturated carbocycles. The molecule has 1 aromatic rings. The highest BCUT2D eigenvalue weighted by atomic mass is 79.9. The minimum atomic E-state index is -4.75. The van der Waals surface area contributed by atoms with Gasteiger partial charge in [0.1, 0.15) is 11.8 Å². The molecule has 1 atom stereocenters. The van der Waals surface area contributed by atoms with Crippen molar-refractivity contribution >= 4 is 21.9 Å². The number of methoxy groups -OCH3 is 1. The Morgan fingerprint density at radius 1 is 1.50 bits per heavy atom. The summed E-state index contributed by atoms with van der Waals surface area (Å²) in [5.74, 6) is -2.03. The number of halogens is 4. The van der Waals surface area contributed by atoms with Gasteiger partial charge in [-0.15, -0.1) is 0 Å². The van der Waals surface area contributed by atoms with Crippen LogP contribution in [0.2, 0.25) is 0 Å². The normalized spacial score (nSPS) is 13.2. The molecule has 1 aromatic carbocycles. The van der Waals surface area contributed by atoms with E-state index in [1.54, 1.807) is 0 Å². The topological polar surface area (TPSA) is 72.5 Å². The zero-order valence-corrected chi connectivity index (χ0v) is 10.7. The minimum absolute atomic E-state index is 0.0435. The molecule has 0 saturated heterocycles. The fraction of sp³-hybridized carbons (Fsp3) is 0.300. The monoisotopic (exact) mass is 327 g/mol. The van der Waals surface area contributed by atoms with Crippen molar-refractivity contribution in [3.8, 4) is 5.75 Å². The molecule has 0 unspecified atom stereocenters. The van der Waals surface area contributed by atoms with Crippen molar-refractivity contribution in [3.63, 3.8) is 0 Å². The van der Waals surface area contributed by atoms with Gasteiger partial charge in [0, 0.05) is 10.0 Å². The van der Waals surface area contributed by atoms with Crippen molar-refractivity contribution in [1.82, 2.24) is 0 Å². The third-order valence-corrected chi connectivity index (χ3v) is 2.66. The Kier molecular flexibility index (Phi) is 4.23. The number of rotatable bonds is 2. The Balaban J connectivity index is 3.38. The molecule has 0 aromatic heterocycles. The highest BCUT2D eigenvalue weighted by molar-refractivity contribution is 9.10. The number of hydrogen-bond acceptors (Lipinski definition) is 4. The molecule has 3 N–H and O–H groups in total. The first-order valence-electron chi connectivity index (χ1n) is 4.61. The first-order valence-corrected chi connectivity index (χ1v) is 5.40. The number of phenols is 1. The summed E-state index contributed by atoms with van der Waals surface area (Å²) in [5.41, 5.74) is 3.78. The van der Waals surface area contributed by atoms with Crippen molar-refractivity contribution in [3.05, 3.63) is 27.7 Å². The maximum atomic E-state index is 12.6. The van der Waals surface area contributed by atoms with Gasteiger partial charge in [-0.1, -0.05) is 15.9 Å². The summed E-state index contributed by atoms with van der Waals surface area (Å²) in [5, 5.41) is 9.54. The average molecular weight is 328 g/mol. The van der Waals surface area contributed by atoms with E-state index in [0.717, 1.165) is 13.2 Å². The van der Waals surface area contributed by atoms with E-state index in [-0.39, 0.29) is 10.0 Å². The zero-order valence-electron chi connectivity index (χ0n) is 9.08. The number of nitrogens with two attached hydrogens (primary N) is 1. The van der Waals surface area contributed by atoms with E-state index in [1.165, 1.54) is 0 Å². The Labute approximate surface area is 109 Å². The number of benzene rings is 1. The van der Waals surface area contributed by atoms with E-state index in [1.807, 2.05) is 0 Å². The van der Waals surface area contributed by atoms with Crippen molar-refractivity contribution in [2.45, 2.75) is 12.2 Å². The number of phenolic OH excluding ortho intramolecular Hbond substituents is 1. The summed E-state index contributed by atoms with van der Waals surface area (Å²) in [7, 11) is 1.04. The van der Waals surface area contributed by atoms with Gasteiger partial charge in [-0.3, -0.25) is 4.79 Å². The molecule has 0 heterocycles. The molecular weight excluding hydrogens is 319 g/mol. The Morgan fingerprint density at radius 3 is 2.50 bits per heavy atom. The van der Waals surface area contributed by atoms with Crippen molar-refractivity contribution in [1.29, 1.82) is 0 Å². The maximum absolute atomic E-state index is 12.6. The van der Waals surface area contributed by atoms with Crippen molar-refractivity contribution in [2.75, 3.05) is 7.11 Å². The van der Waals surface area contributed by atoms with Crippen LogP contribution in [-0.2, 0) is 15.7 Å². The lowest BCUT2D eigenvalue weighted by Crippen LogP contribution is -2.23. The molecule has 4 nitrogen and oxygen atoms in total. The van der Waals surface area contributed by atoms with Crippen LogP contribution in [-0.4, -0.2) is 18.2 Å². The van der Waals surface area contributed by atoms with Gasteiger partial charge < -0.3 is 15.6 Å². The SMILES string of the molecule is COC(=O)[C@H](N)c1cc(Br)cc(C(F)(F)F)c1O. The van der Waals surface area contributed by atoms with Crippen LogP contribution in [0.5, 0.6) is 5.75 Å². The van der Waals surface area contributed by atoms with Gasteiger partial charge in [-0.25, -0.2) is 0 Å². The smallest absolute Gasteiger partial charge is 0.420 e. The minimum Gasteiger partial charge on any atom is -0.507 e. The van der Waals surface area contributed by atoms with Gasteiger partial charge in [0.05, 0.1) is 12.7 Å². The molecule has 0 bridgehead atoms. The predicted molar refractivity (Wildman–Crippen MR) is 59.8 cm³/mol. The number of ether oxygens (including phenoxy) is 1. The standard InChI is InChI=1S/C10H9BrF3NO3/c1-18-9(17)7(15)5-2-4(11)3-6(8(5)16)10(12,13)14/h2-3,7,16H,15H2,1H3/t7-/m1/s1. The van der Waals surface area contributed by atoms with E-state index in [4.69, 9.17) is 5.73 Å². The molecule has 0 aliphatic rings. The molecular formula is C10H9BrF3NO3. The van der Waals surface area contributed by atoms with Gasteiger partial charge in [-0.05, 0) is 12.1 Å². The molecule has 0 aliphatic carbocycles. The predicted octanol–water partition coefficient (Wildman–Crippen LogP) is 2.35. The van der Waals surface area contributed by atoms with Crippen LogP contribution in [0.3, 0.4) is 0 Å². The van der Waals surface area contributed by atoms with Crippen LogP contribution >= 0.6 is 15.9 Å². The summed E-state index contributed by atoms with van der Waals surface area (Å²) in [6.45, 7) is 0. The highest BCUT2D eigenvalue weighted by Gasteiger charge is 2.36. The van der Waals surface area contributed by atoms with E-state index in [9.17, 15) is 23.1 Å². The van der Waals surface area contributed by atoms with Crippen LogP contribution in [0.25, 0.3) is 0 Å². The fourth-order valence-corrected chi connectivity index (χ4v) is 1.80. The average Bonchev–Trinajstić information content (AvgIpc) is 2.28. The zero-order chi connectivity index (χ0) is 14.1. The molecule has 0 amide bonds. The number of hydrogen-bond donors (Lipinski definition) is 2. The molecule has 1 rings (SSSR count). The fourth-order valence-electron chi connectivity index (χ4n) is 1.33. The summed E-state index contributed by atoms with van der Waals surface area (Å²) < 4.78 is 42.2. The Bertz CT molecular complexity index is 476. The molecule has 100 valence electrons. The summed E-state index contributed by atoms with van der Waals surface area (Å²) in [6.07, 6.45) is -4.75. The van der Waals surface area contributed by atoms with Crippen molar-refractivity contribution in [2.24, 2.45) is 5.73 Å². The van der Waals surface area contributed by atoms with Crippen molar-refractivity contribution < 1.29 is 27.8 Å². The lowest BCUT2D eigenvalue weighted by Gasteiger charge is -2.16. The highest BCUT2D eigenvalue weighted by Crippen LogP contribution is 2.41. The lowest BCUT2D eigenvalue weighted by atomic mass is 10.0. The van der Waals surface area contributed by atoms with Gasteiger partial charge in [0.15, 0.2) is 0 Å². The number of carbonyl (C=O) groups is 1. The second kappa shape index (κ2) is 5.15. The Hall–Kier alpha value is -1.28. The summed E-state index contributed by atoms with van der Waals surface area (Å²) in [6, 6.07) is 0.336. The molecule has 18 heavy (non-hydrogen) atoms. The van der Waals surface area contributed by atoms with Gasteiger partial charge in [-0.2, -0.15) is 13.2 Å². The van der Waals surface area contributed by atoms with Gasteiger partial charge in [0.25, 0.3) is 0 Å². The first-order chi connectivity index (χ1) is 8.18. The first kappa shape index (κ1) is 14.8. The molecule has 0 aliphatic heterocycles. The van der Waals surface area contributed by atoms with E-state index < -0.39 is 29.5 Å². The van der Waals surface area contributed by atoms with Crippen LogP contribution in [0.15, 0.2) is 16.6 Å². The molecule has 0 spiro atoms. The number of alkyl halides is 3. The second-order valence-electron chi connectivity index (χ2n) is 3.39. The third-order valence-electron chi connectivity index (χ3n) is 2.20. The number of carbonyl (C=O) groups excluding carboxylic acids is 1. The van der Waals surface area contributed by atoms with E-state index >= 15 is 0 Å². The molecule has 8 heteroatoms. The van der Waals surface area contributed by atoms with E-state index in [2.05, 4.69) is 20.7 Å². The third kappa shape index (κ3) is 2.94. The van der Waals surface area contributed by atoms with Crippen LogP contribution in [0, 0.1) is 0 Å². The Morgan fingerprint density at radius 2 is 2.06 bits per heavy atom. The summed E-state index contributed by atoms with van der Waals surface area (Å²) in [4.78, 5) is 11.2. The van der Waals surface area contributed by atoms with Gasteiger partial charge >= 0.3 is 12.1 Å². The van der Waals surface area contributed by atoms with E-state index in [0.29, 0.717) is 6.07 Å². The largest absolute Gasteiger partial charge is 0.507 e. The summed E-state index contributed by atoms with van der Waals surface area (Å²) >= 11 is 2.86. The number of aromatic hydroxyl groups is 1. The van der Waals surface area contributed by atoms with Crippen LogP contribution in [0.4, 0.5) is 13.2 Å².